The monoisotopic (exact) mass is 406 g/mol. The van der Waals surface area contributed by atoms with E-state index < -0.39 is 0 Å². The molecule has 5 nitrogen and oxygen atoms in total. The minimum atomic E-state index is 0.0265. The molecule has 1 saturated heterocycles. The normalized spacial score (nSPS) is 17.1. The number of rotatable bonds is 5. The average molecular weight is 407 g/mol. The van der Waals surface area contributed by atoms with Crippen LogP contribution in [0.1, 0.15) is 46.8 Å². The Kier molecular flexibility index (Phi) is 6.07. The van der Waals surface area contributed by atoms with Gasteiger partial charge >= 0.3 is 0 Å². The lowest BCUT2D eigenvalue weighted by molar-refractivity contribution is -0.134. The van der Waals surface area contributed by atoms with Crippen molar-refractivity contribution < 1.29 is 14.3 Å². The van der Waals surface area contributed by atoms with Crippen molar-refractivity contribution in [2.45, 2.75) is 39.7 Å². The molecular formula is C25H30N2O3. The summed E-state index contributed by atoms with van der Waals surface area (Å²) in [5.41, 5.74) is 3.95. The lowest BCUT2D eigenvalue weighted by Crippen LogP contribution is -2.40. The Morgan fingerprint density at radius 2 is 1.80 bits per heavy atom. The van der Waals surface area contributed by atoms with Gasteiger partial charge in [0.25, 0.3) is 11.8 Å². The molecule has 0 aliphatic carbocycles. The molecule has 2 aromatic rings. The average Bonchev–Trinajstić information content (AvgIpc) is 2.76. The van der Waals surface area contributed by atoms with Gasteiger partial charge in [0.1, 0.15) is 5.75 Å². The van der Waals surface area contributed by atoms with Gasteiger partial charge in [0.15, 0.2) is 6.61 Å². The molecule has 0 radical (unpaired) electrons. The van der Waals surface area contributed by atoms with E-state index in [1.165, 1.54) is 5.56 Å². The molecule has 0 saturated carbocycles. The lowest BCUT2D eigenvalue weighted by Gasteiger charge is -2.31. The molecule has 5 heteroatoms. The van der Waals surface area contributed by atoms with Crippen LogP contribution in [0.3, 0.4) is 0 Å². The number of likely N-dealkylation sites (tertiary alicyclic amines) is 1. The molecule has 1 fully saturated rings. The van der Waals surface area contributed by atoms with Gasteiger partial charge in [-0.2, -0.15) is 0 Å². The summed E-state index contributed by atoms with van der Waals surface area (Å²) in [5, 5.41) is 0. The van der Waals surface area contributed by atoms with Crippen LogP contribution in [-0.4, -0.2) is 47.9 Å². The zero-order chi connectivity index (χ0) is 21.1. The van der Waals surface area contributed by atoms with Gasteiger partial charge in [-0.3, -0.25) is 9.59 Å². The number of amides is 2. The van der Waals surface area contributed by atoms with Crippen molar-refractivity contribution in [1.82, 2.24) is 9.80 Å². The first-order valence-electron chi connectivity index (χ1n) is 10.9. The first kappa shape index (κ1) is 20.5. The highest BCUT2D eigenvalue weighted by molar-refractivity contribution is 5.97. The molecule has 0 atom stereocenters. The van der Waals surface area contributed by atoms with Crippen molar-refractivity contribution in [2.24, 2.45) is 5.92 Å². The largest absolute Gasteiger partial charge is 0.483 e. The lowest BCUT2D eigenvalue weighted by atomic mass is 9.97. The summed E-state index contributed by atoms with van der Waals surface area (Å²) < 4.78 is 5.90. The summed E-state index contributed by atoms with van der Waals surface area (Å²) in [6, 6.07) is 13.9. The van der Waals surface area contributed by atoms with E-state index in [0.29, 0.717) is 30.3 Å². The predicted octanol–water partition coefficient (Wildman–Crippen LogP) is 3.83. The van der Waals surface area contributed by atoms with Gasteiger partial charge in [-0.15, -0.1) is 0 Å². The number of hydrogen-bond acceptors (Lipinski definition) is 3. The van der Waals surface area contributed by atoms with E-state index in [9.17, 15) is 9.59 Å². The number of aryl methyl sites for hydroxylation is 1. The van der Waals surface area contributed by atoms with Gasteiger partial charge in [-0.05, 0) is 49.8 Å². The molecule has 2 amide bonds. The van der Waals surface area contributed by atoms with E-state index >= 15 is 0 Å². The second-order valence-corrected chi connectivity index (χ2v) is 8.60. The predicted molar refractivity (Wildman–Crippen MR) is 117 cm³/mol. The summed E-state index contributed by atoms with van der Waals surface area (Å²) in [6.45, 7) is 7.20. The molecular weight excluding hydrogens is 376 g/mol. The zero-order valence-corrected chi connectivity index (χ0v) is 17.9. The molecule has 30 heavy (non-hydrogen) atoms. The summed E-state index contributed by atoms with van der Waals surface area (Å²) in [5.74, 6) is 1.40. The number of hydrogen-bond donors (Lipinski definition) is 0. The van der Waals surface area contributed by atoms with E-state index in [0.717, 1.165) is 43.5 Å². The SMILES string of the molecule is Cc1ccc(CN2CCc3c(OCC(=O)N4CCC(C)CC4)cccc3C2=O)cc1. The maximum atomic E-state index is 13.1. The standard InChI is InChI=1S/C25H30N2O3/c1-18-6-8-20(9-7-18)16-27-15-12-21-22(25(27)29)4-3-5-23(21)30-17-24(28)26-13-10-19(2)11-14-26/h3-9,19H,10-17H2,1-2H3. The fourth-order valence-corrected chi connectivity index (χ4v) is 4.23. The highest BCUT2D eigenvalue weighted by Gasteiger charge is 2.27. The number of benzene rings is 2. The second kappa shape index (κ2) is 8.90. The van der Waals surface area contributed by atoms with Gasteiger partial charge in [0, 0.05) is 37.3 Å². The van der Waals surface area contributed by atoms with Crippen molar-refractivity contribution in [3.63, 3.8) is 0 Å². The quantitative estimate of drug-likeness (QED) is 0.758. The van der Waals surface area contributed by atoms with Crippen molar-refractivity contribution in [1.29, 1.82) is 0 Å². The third-order valence-electron chi connectivity index (χ3n) is 6.26. The van der Waals surface area contributed by atoms with Gasteiger partial charge < -0.3 is 14.5 Å². The van der Waals surface area contributed by atoms with Crippen LogP contribution in [-0.2, 0) is 17.8 Å². The maximum absolute atomic E-state index is 13.1. The van der Waals surface area contributed by atoms with Crippen LogP contribution in [0.25, 0.3) is 0 Å². The minimum absolute atomic E-state index is 0.0265. The third-order valence-corrected chi connectivity index (χ3v) is 6.26. The number of carbonyl (C=O) groups is 2. The minimum Gasteiger partial charge on any atom is -0.483 e. The third kappa shape index (κ3) is 4.50. The molecule has 4 rings (SSSR count). The molecule has 0 N–H and O–H groups in total. The fourth-order valence-electron chi connectivity index (χ4n) is 4.23. The molecule has 2 aliphatic heterocycles. The Labute approximate surface area is 178 Å². The van der Waals surface area contributed by atoms with Crippen molar-refractivity contribution in [3.8, 4) is 5.75 Å². The van der Waals surface area contributed by atoms with E-state index in [-0.39, 0.29) is 18.4 Å². The molecule has 0 spiro atoms. The maximum Gasteiger partial charge on any atom is 0.260 e. The van der Waals surface area contributed by atoms with Crippen molar-refractivity contribution in [2.75, 3.05) is 26.2 Å². The molecule has 0 unspecified atom stereocenters. The number of fused-ring (bicyclic) bond motifs is 1. The topological polar surface area (TPSA) is 49.9 Å². The first-order chi connectivity index (χ1) is 14.5. The van der Waals surface area contributed by atoms with Crippen molar-refractivity contribution in [3.05, 3.63) is 64.7 Å². The number of ether oxygens (including phenoxy) is 1. The Bertz CT molecular complexity index is 914. The van der Waals surface area contributed by atoms with Crippen LogP contribution in [0.4, 0.5) is 0 Å². The van der Waals surface area contributed by atoms with Gasteiger partial charge in [0.2, 0.25) is 0 Å². The molecule has 0 bridgehead atoms. The highest BCUT2D eigenvalue weighted by Crippen LogP contribution is 2.29. The smallest absolute Gasteiger partial charge is 0.260 e. The Balaban J connectivity index is 1.41. The van der Waals surface area contributed by atoms with E-state index in [1.54, 1.807) is 0 Å². The Morgan fingerprint density at radius 1 is 1.07 bits per heavy atom. The van der Waals surface area contributed by atoms with Crippen LogP contribution >= 0.6 is 0 Å². The highest BCUT2D eigenvalue weighted by atomic mass is 16.5. The summed E-state index contributed by atoms with van der Waals surface area (Å²) in [7, 11) is 0. The summed E-state index contributed by atoms with van der Waals surface area (Å²) in [6.07, 6.45) is 2.84. The molecule has 2 heterocycles. The Hall–Kier alpha value is -2.82. The van der Waals surface area contributed by atoms with E-state index in [1.807, 2.05) is 28.0 Å². The van der Waals surface area contributed by atoms with Gasteiger partial charge in [-0.25, -0.2) is 0 Å². The molecule has 158 valence electrons. The second-order valence-electron chi connectivity index (χ2n) is 8.60. The Morgan fingerprint density at radius 3 is 2.53 bits per heavy atom. The fraction of sp³-hybridized carbons (Fsp3) is 0.440. The molecule has 2 aromatic carbocycles. The summed E-state index contributed by atoms with van der Waals surface area (Å²) in [4.78, 5) is 29.3. The van der Waals surface area contributed by atoms with Crippen molar-refractivity contribution >= 4 is 11.8 Å². The number of nitrogens with zero attached hydrogens (tertiary/aromatic N) is 2. The van der Waals surface area contributed by atoms with Crippen LogP contribution in [0.5, 0.6) is 5.75 Å². The van der Waals surface area contributed by atoms with Crippen LogP contribution in [0.15, 0.2) is 42.5 Å². The molecule has 2 aliphatic rings. The summed E-state index contributed by atoms with van der Waals surface area (Å²) >= 11 is 0. The van der Waals surface area contributed by atoms with E-state index in [4.69, 9.17) is 4.74 Å². The van der Waals surface area contributed by atoms with Gasteiger partial charge in [0.05, 0.1) is 0 Å². The van der Waals surface area contributed by atoms with Crippen LogP contribution < -0.4 is 4.74 Å². The van der Waals surface area contributed by atoms with E-state index in [2.05, 4.69) is 38.1 Å². The number of carbonyl (C=O) groups excluding carboxylic acids is 2. The molecule has 0 aromatic heterocycles. The first-order valence-corrected chi connectivity index (χ1v) is 10.9. The van der Waals surface area contributed by atoms with Crippen LogP contribution in [0, 0.1) is 12.8 Å². The van der Waals surface area contributed by atoms with Crippen LogP contribution in [0.2, 0.25) is 0 Å². The zero-order valence-electron chi connectivity index (χ0n) is 17.9. The van der Waals surface area contributed by atoms with Gasteiger partial charge in [-0.1, -0.05) is 42.8 Å². The number of piperidine rings is 1.